The van der Waals surface area contributed by atoms with Crippen LogP contribution in [-0.2, 0) is 26.2 Å². The van der Waals surface area contributed by atoms with Gasteiger partial charge in [-0.1, -0.05) is 73.4 Å². The average molecular weight is 513 g/mol. The van der Waals surface area contributed by atoms with E-state index in [-0.39, 0.29) is 26.2 Å². The first-order chi connectivity index (χ1) is 15.7. The van der Waals surface area contributed by atoms with E-state index < -0.39 is 0 Å². The maximum atomic E-state index is 2.55. The van der Waals surface area contributed by atoms with E-state index in [0.29, 0.717) is 5.41 Å². The fourth-order valence-corrected chi connectivity index (χ4v) is 8.96. The molecule has 33 heavy (non-hydrogen) atoms. The van der Waals surface area contributed by atoms with Gasteiger partial charge in [-0.3, -0.25) is 0 Å². The topological polar surface area (TPSA) is 0 Å². The van der Waals surface area contributed by atoms with Crippen LogP contribution in [0.3, 0.4) is 0 Å². The standard InChI is InChI=1S/C32H37.Zr/c1-2-5-26(6-3-1)27-9-11-28(12-10-27)30-8-4-7-29-16-25(17-31(29)30)21-32-18-22-13-23(19-32)15-24(14-22)20-32;/h4,7-12,16-17,22-24,26H,1-3,5-6,13-15,18-21H2;. The Morgan fingerprint density at radius 3 is 2.09 bits per heavy atom. The zero-order valence-electron chi connectivity index (χ0n) is 20.0. The molecule has 6 aliphatic rings. The van der Waals surface area contributed by atoms with Crippen molar-refractivity contribution in [3.8, 4) is 11.1 Å². The average Bonchev–Trinajstić information content (AvgIpc) is 3.20. The Labute approximate surface area is 219 Å². The molecule has 0 spiro atoms. The maximum Gasteiger partial charge on any atom is 0.0164 e. The zero-order chi connectivity index (χ0) is 21.1. The Balaban J connectivity index is 0.00000206. The number of hydrogen-bond donors (Lipinski definition) is 0. The molecule has 0 heterocycles. The van der Waals surface area contributed by atoms with Crippen molar-refractivity contribution in [1.29, 1.82) is 0 Å². The van der Waals surface area contributed by atoms with Gasteiger partial charge in [-0.2, -0.15) is 0 Å². The molecule has 5 saturated carbocycles. The van der Waals surface area contributed by atoms with Crippen LogP contribution < -0.4 is 0 Å². The Morgan fingerprint density at radius 1 is 0.758 bits per heavy atom. The number of benzene rings is 2. The van der Waals surface area contributed by atoms with Crippen molar-refractivity contribution in [3.05, 3.63) is 71.1 Å². The molecule has 0 N–H and O–H groups in total. The molecule has 1 radical (unpaired) electrons. The van der Waals surface area contributed by atoms with Gasteiger partial charge < -0.3 is 0 Å². The number of hydrogen-bond acceptors (Lipinski definition) is 0. The van der Waals surface area contributed by atoms with E-state index in [1.165, 1.54) is 80.0 Å². The number of allylic oxidation sites excluding steroid dienone is 1. The predicted molar refractivity (Wildman–Crippen MR) is 134 cm³/mol. The molecule has 8 rings (SSSR count). The van der Waals surface area contributed by atoms with E-state index in [4.69, 9.17) is 0 Å². The van der Waals surface area contributed by atoms with Crippen molar-refractivity contribution in [2.24, 2.45) is 23.2 Å². The molecular weight excluding hydrogens is 476 g/mol. The van der Waals surface area contributed by atoms with Crippen LogP contribution >= 0.6 is 0 Å². The minimum atomic E-state index is 0. The third-order valence-corrected chi connectivity index (χ3v) is 9.85. The van der Waals surface area contributed by atoms with Gasteiger partial charge in [0.1, 0.15) is 0 Å². The van der Waals surface area contributed by atoms with E-state index >= 15 is 0 Å². The summed E-state index contributed by atoms with van der Waals surface area (Å²) in [6.45, 7) is 0. The van der Waals surface area contributed by atoms with E-state index in [1.807, 2.05) is 0 Å². The summed E-state index contributed by atoms with van der Waals surface area (Å²) in [7, 11) is 0. The van der Waals surface area contributed by atoms with Gasteiger partial charge in [-0.25, -0.2) is 0 Å². The second kappa shape index (κ2) is 8.93. The fraction of sp³-hybridized carbons (Fsp3) is 0.531. The smallest absolute Gasteiger partial charge is 0.0164 e. The maximum absolute atomic E-state index is 2.55. The molecule has 0 nitrogen and oxygen atoms in total. The van der Waals surface area contributed by atoms with Crippen molar-refractivity contribution >= 4 is 6.08 Å². The van der Waals surface area contributed by atoms with E-state index in [9.17, 15) is 0 Å². The van der Waals surface area contributed by atoms with Crippen molar-refractivity contribution in [3.63, 3.8) is 0 Å². The third kappa shape index (κ3) is 4.20. The molecule has 0 amide bonds. The van der Waals surface area contributed by atoms with Crippen molar-refractivity contribution in [2.75, 3.05) is 0 Å². The molecule has 0 aliphatic heterocycles. The monoisotopic (exact) mass is 511 g/mol. The van der Waals surface area contributed by atoms with E-state index in [0.717, 1.165) is 23.7 Å². The molecule has 2 aromatic carbocycles. The summed E-state index contributed by atoms with van der Waals surface area (Å²) in [4.78, 5) is 0. The first-order valence-corrected chi connectivity index (χ1v) is 13.5. The zero-order valence-corrected chi connectivity index (χ0v) is 22.4. The SMILES string of the molecule is [CH]1C(CC23CC4CC(CC(C4)C2)C3)=Cc2c1cccc2-c1ccc(C2CCCCC2)cc1.[Zr]. The number of fused-ring (bicyclic) bond motifs is 1. The second-order valence-corrected chi connectivity index (χ2v) is 12.2. The Morgan fingerprint density at radius 2 is 1.42 bits per heavy atom. The quantitative estimate of drug-likeness (QED) is 0.383. The second-order valence-electron chi connectivity index (χ2n) is 12.2. The van der Waals surface area contributed by atoms with Gasteiger partial charge in [0.25, 0.3) is 0 Å². The van der Waals surface area contributed by atoms with Crippen molar-refractivity contribution in [1.82, 2.24) is 0 Å². The Bertz CT molecular complexity index is 1000. The molecule has 4 bridgehead atoms. The van der Waals surface area contributed by atoms with Crippen LogP contribution in [0.2, 0.25) is 0 Å². The van der Waals surface area contributed by atoms with Crippen LogP contribution in [0, 0.1) is 29.6 Å². The molecule has 6 aliphatic carbocycles. The van der Waals surface area contributed by atoms with E-state index in [1.54, 1.807) is 30.4 Å². The molecule has 0 unspecified atom stereocenters. The van der Waals surface area contributed by atoms with Crippen LogP contribution in [0.5, 0.6) is 0 Å². The summed E-state index contributed by atoms with van der Waals surface area (Å²) in [5, 5.41) is 0. The van der Waals surface area contributed by atoms with Crippen LogP contribution in [0.15, 0.2) is 48.0 Å². The van der Waals surface area contributed by atoms with Gasteiger partial charge in [0.15, 0.2) is 0 Å². The summed E-state index contributed by atoms with van der Waals surface area (Å²) in [6.07, 6.45) is 22.6. The first-order valence-electron chi connectivity index (χ1n) is 13.5. The summed E-state index contributed by atoms with van der Waals surface area (Å²) in [6, 6.07) is 16.6. The minimum Gasteiger partial charge on any atom is -0.0613 e. The largest absolute Gasteiger partial charge is 0.0613 e. The van der Waals surface area contributed by atoms with Crippen LogP contribution in [-0.4, -0.2) is 0 Å². The molecule has 0 saturated heterocycles. The van der Waals surface area contributed by atoms with Crippen molar-refractivity contribution < 1.29 is 26.2 Å². The van der Waals surface area contributed by atoms with Gasteiger partial charge in [-0.15, -0.1) is 0 Å². The van der Waals surface area contributed by atoms with Crippen LogP contribution in [0.4, 0.5) is 0 Å². The molecule has 0 aromatic heterocycles. The summed E-state index contributed by atoms with van der Waals surface area (Å²) in [5.41, 5.74) is 9.52. The summed E-state index contributed by atoms with van der Waals surface area (Å²) in [5.74, 6) is 3.93. The Kier molecular flexibility index (Phi) is 6.10. The minimum absolute atomic E-state index is 0. The summed E-state index contributed by atoms with van der Waals surface area (Å²) >= 11 is 0. The summed E-state index contributed by atoms with van der Waals surface area (Å²) < 4.78 is 0. The number of rotatable bonds is 4. The molecule has 5 fully saturated rings. The fourth-order valence-electron chi connectivity index (χ4n) is 8.96. The molecule has 169 valence electrons. The molecular formula is C32H37Zr. The van der Waals surface area contributed by atoms with Crippen LogP contribution in [0.1, 0.15) is 99.7 Å². The molecule has 1 heteroatoms. The first kappa shape index (κ1) is 22.5. The van der Waals surface area contributed by atoms with Gasteiger partial charge >= 0.3 is 0 Å². The van der Waals surface area contributed by atoms with Gasteiger partial charge in [0.05, 0.1) is 0 Å². The van der Waals surface area contributed by atoms with Gasteiger partial charge in [0.2, 0.25) is 0 Å². The normalized spacial score (nSPS) is 32.4. The van der Waals surface area contributed by atoms with Gasteiger partial charge in [-0.05, 0) is 115 Å². The Hall–Kier alpha value is -0.937. The van der Waals surface area contributed by atoms with Crippen molar-refractivity contribution in [2.45, 2.75) is 83.0 Å². The van der Waals surface area contributed by atoms with Crippen LogP contribution in [0.25, 0.3) is 17.2 Å². The predicted octanol–water partition coefficient (Wildman–Crippen LogP) is 8.95. The van der Waals surface area contributed by atoms with E-state index in [2.05, 4.69) is 55.0 Å². The van der Waals surface area contributed by atoms with Gasteiger partial charge in [0, 0.05) is 32.6 Å². The molecule has 0 atom stereocenters. The third-order valence-electron chi connectivity index (χ3n) is 9.85. The molecule has 2 aromatic rings.